The molecule has 2 aliphatic rings. The third-order valence-electron chi connectivity index (χ3n) is 6.88. The van der Waals surface area contributed by atoms with Crippen molar-refractivity contribution in [1.29, 1.82) is 0 Å². The van der Waals surface area contributed by atoms with E-state index in [1.807, 2.05) is 31.2 Å². The first-order valence-electron chi connectivity index (χ1n) is 13.0. The normalized spacial score (nSPS) is 16.9. The summed E-state index contributed by atoms with van der Waals surface area (Å²) in [7, 11) is 0. The van der Waals surface area contributed by atoms with Crippen LogP contribution in [0, 0.1) is 6.92 Å². The Morgan fingerprint density at radius 3 is 2.67 bits per heavy atom. The number of morpholine rings is 1. The van der Waals surface area contributed by atoms with E-state index in [0.29, 0.717) is 48.1 Å². The molecule has 206 valence electrons. The molecule has 1 aromatic carbocycles. The maximum absolute atomic E-state index is 12.3. The number of carbonyl (C=O) groups excluding carboxylic acids is 1. The lowest BCUT2D eigenvalue weighted by Crippen LogP contribution is -2.45. The Kier molecular flexibility index (Phi) is 7.18. The highest BCUT2D eigenvalue weighted by Crippen LogP contribution is 2.33. The van der Waals surface area contributed by atoms with Crippen molar-refractivity contribution in [2.45, 2.75) is 32.9 Å². The summed E-state index contributed by atoms with van der Waals surface area (Å²) in [5.41, 5.74) is 3.55. The van der Waals surface area contributed by atoms with Crippen molar-refractivity contribution in [2.75, 3.05) is 46.7 Å². The molecule has 1 fully saturated rings. The molecule has 0 spiro atoms. The standard InChI is InChI=1S/C27H28ClN9O3/c1-16-15-39-12-10-37(16)26-20-7-9-36(24-13-22(28)29-17(2)30-24)14-21(20)32-25(34-26)18-3-5-19(6-4-18)31-27(38)33-23-8-11-40-35-23/h3-6,8,11,13,16H,7,9-10,12,14-15H2,1-2H3,(H2,31,33,35,38). The second kappa shape index (κ2) is 11.1. The zero-order valence-electron chi connectivity index (χ0n) is 22.1. The number of aromatic nitrogens is 5. The van der Waals surface area contributed by atoms with Crippen LogP contribution in [0.1, 0.15) is 24.0 Å². The average molecular weight is 562 g/mol. The van der Waals surface area contributed by atoms with Crippen LogP contribution in [0.15, 0.2) is 47.2 Å². The van der Waals surface area contributed by atoms with E-state index in [4.69, 9.17) is 30.8 Å². The van der Waals surface area contributed by atoms with Crippen molar-refractivity contribution in [3.05, 3.63) is 64.9 Å². The number of urea groups is 1. The molecule has 1 atom stereocenters. The molecule has 0 radical (unpaired) electrons. The van der Waals surface area contributed by atoms with E-state index in [1.54, 1.807) is 12.1 Å². The van der Waals surface area contributed by atoms with Crippen LogP contribution in [0.25, 0.3) is 11.4 Å². The van der Waals surface area contributed by atoms with Crippen LogP contribution in [0.3, 0.4) is 0 Å². The van der Waals surface area contributed by atoms with Gasteiger partial charge in [0.25, 0.3) is 0 Å². The number of amides is 2. The fraction of sp³-hybridized carbons (Fsp3) is 0.333. The number of halogens is 1. The molecule has 1 saturated heterocycles. The van der Waals surface area contributed by atoms with Gasteiger partial charge in [-0.1, -0.05) is 16.8 Å². The summed E-state index contributed by atoms with van der Waals surface area (Å²) in [5, 5.41) is 9.49. The van der Waals surface area contributed by atoms with Crippen molar-refractivity contribution in [2.24, 2.45) is 0 Å². The van der Waals surface area contributed by atoms with Gasteiger partial charge in [-0.05, 0) is 44.5 Å². The number of anilines is 4. The highest BCUT2D eigenvalue weighted by molar-refractivity contribution is 6.29. The fourth-order valence-electron chi connectivity index (χ4n) is 4.95. The van der Waals surface area contributed by atoms with Crippen LogP contribution in [-0.4, -0.2) is 63.5 Å². The minimum atomic E-state index is -0.421. The largest absolute Gasteiger partial charge is 0.377 e. The smallest absolute Gasteiger partial charge is 0.324 e. The Labute approximate surface area is 235 Å². The topological polar surface area (TPSA) is 134 Å². The molecule has 12 nitrogen and oxygen atoms in total. The molecule has 13 heteroatoms. The highest BCUT2D eigenvalue weighted by Gasteiger charge is 2.29. The summed E-state index contributed by atoms with van der Waals surface area (Å²) in [6, 6.07) is 10.5. The summed E-state index contributed by atoms with van der Waals surface area (Å²) < 4.78 is 10.4. The molecule has 5 heterocycles. The van der Waals surface area contributed by atoms with Gasteiger partial charge in [-0.15, -0.1) is 0 Å². The SMILES string of the molecule is Cc1nc(Cl)cc(N2CCc3c(nc(-c4ccc(NC(=O)Nc5ccon5)cc4)nc3N3CCOCC3C)C2)n1. The van der Waals surface area contributed by atoms with E-state index in [-0.39, 0.29) is 6.04 Å². The first-order chi connectivity index (χ1) is 19.4. The fourth-order valence-corrected chi connectivity index (χ4v) is 5.17. The molecule has 40 heavy (non-hydrogen) atoms. The number of benzene rings is 1. The number of ether oxygens (including phenoxy) is 1. The van der Waals surface area contributed by atoms with Crippen LogP contribution in [0.2, 0.25) is 5.15 Å². The number of nitrogens with one attached hydrogen (secondary N) is 2. The van der Waals surface area contributed by atoms with Crippen LogP contribution < -0.4 is 20.4 Å². The molecular formula is C27H28ClN9O3. The molecule has 2 amide bonds. The molecule has 1 unspecified atom stereocenters. The summed E-state index contributed by atoms with van der Waals surface area (Å²) >= 11 is 6.24. The summed E-state index contributed by atoms with van der Waals surface area (Å²) in [6.07, 6.45) is 2.16. The van der Waals surface area contributed by atoms with Crippen LogP contribution in [0.5, 0.6) is 0 Å². The number of rotatable bonds is 5. The molecule has 0 bridgehead atoms. The number of aryl methyl sites for hydroxylation is 1. The number of hydrogen-bond acceptors (Lipinski definition) is 10. The van der Waals surface area contributed by atoms with Gasteiger partial charge in [0, 0.05) is 42.0 Å². The van der Waals surface area contributed by atoms with Gasteiger partial charge < -0.3 is 24.4 Å². The van der Waals surface area contributed by atoms with Crippen LogP contribution in [0.4, 0.5) is 27.9 Å². The summed E-state index contributed by atoms with van der Waals surface area (Å²) in [4.78, 5) is 35.7. The molecule has 6 rings (SSSR count). The molecule has 0 aliphatic carbocycles. The first-order valence-corrected chi connectivity index (χ1v) is 13.4. The van der Waals surface area contributed by atoms with Crippen molar-refractivity contribution in [3.63, 3.8) is 0 Å². The van der Waals surface area contributed by atoms with Crippen LogP contribution >= 0.6 is 11.6 Å². The minimum Gasteiger partial charge on any atom is -0.377 e. The van der Waals surface area contributed by atoms with Crippen molar-refractivity contribution in [1.82, 2.24) is 25.1 Å². The molecule has 2 N–H and O–H groups in total. The summed E-state index contributed by atoms with van der Waals surface area (Å²) in [5.74, 6) is 3.30. The zero-order valence-corrected chi connectivity index (χ0v) is 22.9. The Morgan fingerprint density at radius 1 is 1.07 bits per heavy atom. The van der Waals surface area contributed by atoms with E-state index < -0.39 is 6.03 Å². The van der Waals surface area contributed by atoms with Gasteiger partial charge in [0.2, 0.25) is 0 Å². The molecule has 4 aromatic rings. The second-order valence-electron chi connectivity index (χ2n) is 9.72. The molecule has 2 aliphatic heterocycles. The average Bonchev–Trinajstić information content (AvgIpc) is 3.45. The van der Waals surface area contributed by atoms with E-state index >= 15 is 0 Å². The van der Waals surface area contributed by atoms with Gasteiger partial charge in [-0.25, -0.2) is 24.7 Å². The van der Waals surface area contributed by atoms with Crippen molar-refractivity contribution in [3.8, 4) is 11.4 Å². The van der Waals surface area contributed by atoms with E-state index in [1.165, 1.54) is 6.26 Å². The van der Waals surface area contributed by atoms with Gasteiger partial charge in [0.05, 0.1) is 31.5 Å². The number of hydrogen-bond donors (Lipinski definition) is 2. The molecule has 3 aromatic heterocycles. The lowest BCUT2D eigenvalue weighted by atomic mass is 10.0. The lowest BCUT2D eigenvalue weighted by Gasteiger charge is -2.38. The van der Waals surface area contributed by atoms with Crippen molar-refractivity contribution >= 4 is 40.8 Å². The molecule has 0 saturated carbocycles. The maximum atomic E-state index is 12.3. The minimum absolute atomic E-state index is 0.191. The third kappa shape index (κ3) is 5.54. The Morgan fingerprint density at radius 2 is 1.93 bits per heavy atom. The quantitative estimate of drug-likeness (QED) is 0.339. The first kappa shape index (κ1) is 26.0. The van der Waals surface area contributed by atoms with Gasteiger partial charge in [0.1, 0.15) is 28.9 Å². The van der Waals surface area contributed by atoms with Crippen LogP contribution in [-0.2, 0) is 17.7 Å². The van der Waals surface area contributed by atoms with Gasteiger partial charge in [-0.3, -0.25) is 5.32 Å². The third-order valence-corrected chi connectivity index (χ3v) is 7.07. The predicted octanol–water partition coefficient (Wildman–Crippen LogP) is 4.32. The maximum Gasteiger partial charge on any atom is 0.324 e. The van der Waals surface area contributed by atoms with Gasteiger partial charge >= 0.3 is 6.03 Å². The Bertz CT molecular complexity index is 1490. The second-order valence-corrected chi connectivity index (χ2v) is 10.1. The number of fused-ring (bicyclic) bond motifs is 1. The zero-order chi connectivity index (χ0) is 27.6. The van der Waals surface area contributed by atoms with Crippen molar-refractivity contribution < 1.29 is 14.1 Å². The van der Waals surface area contributed by atoms with Gasteiger partial charge in [-0.2, -0.15) is 0 Å². The van der Waals surface area contributed by atoms with Gasteiger partial charge in [0.15, 0.2) is 11.6 Å². The monoisotopic (exact) mass is 561 g/mol. The highest BCUT2D eigenvalue weighted by atomic mass is 35.5. The Hall–Kier alpha value is -4.29. The van der Waals surface area contributed by atoms with E-state index in [2.05, 4.69) is 42.5 Å². The van der Waals surface area contributed by atoms with E-state index in [9.17, 15) is 4.79 Å². The molecular weight excluding hydrogens is 534 g/mol. The van der Waals surface area contributed by atoms with E-state index in [0.717, 1.165) is 48.0 Å². The number of carbonyl (C=O) groups is 1. The summed E-state index contributed by atoms with van der Waals surface area (Å²) in [6.45, 7) is 7.39. The Balaban J connectivity index is 1.30. The predicted molar refractivity (Wildman–Crippen MR) is 151 cm³/mol. The lowest BCUT2D eigenvalue weighted by molar-refractivity contribution is 0.0984. The number of nitrogens with zero attached hydrogens (tertiary/aromatic N) is 7.